The lowest BCUT2D eigenvalue weighted by Crippen LogP contribution is -2.24. The van der Waals surface area contributed by atoms with Gasteiger partial charge in [-0.15, -0.1) is 0 Å². The molecular weight excluding hydrogens is 262 g/mol. The SMILES string of the molecule is C[C@H](CCCc1ccccc1)[C@H](O)/C=C/[C@H]1CCC(=O)N1. The maximum absolute atomic E-state index is 11.1. The molecule has 3 nitrogen and oxygen atoms in total. The van der Waals surface area contributed by atoms with Gasteiger partial charge in [-0.2, -0.15) is 0 Å². The summed E-state index contributed by atoms with van der Waals surface area (Å²) in [6.45, 7) is 2.08. The number of aliphatic hydroxyl groups excluding tert-OH is 1. The number of amides is 1. The molecule has 21 heavy (non-hydrogen) atoms. The van der Waals surface area contributed by atoms with Gasteiger partial charge in [-0.1, -0.05) is 49.4 Å². The third kappa shape index (κ3) is 5.35. The van der Waals surface area contributed by atoms with Crippen molar-refractivity contribution in [3.05, 3.63) is 48.0 Å². The van der Waals surface area contributed by atoms with Crippen LogP contribution in [0.25, 0.3) is 0 Å². The zero-order chi connectivity index (χ0) is 15.1. The highest BCUT2D eigenvalue weighted by Gasteiger charge is 2.18. The van der Waals surface area contributed by atoms with Gasteiger partial charge in [0.25, 0.3) is 0 Å². The van der Waals surface area contributed by atoms with Crippen LogP contribution in [0.15, 0.2) is 42.5 Å². The quantitative estimate of drug-likeness (QED) is 0.758. The summed E-state index contributed by atoms with van der Waals surface area (Å²) >= 11 is 0. The van der Waals surface area contributed by atoms with Crippen LogP contribution in [0, 0.1) is 5.92 Å². The Hall–Kier alpha value is -1.61. The first-order valence-corrected chi connectivity index (χ1v) is 7.85. The molecule has 1 aromatic carbocycles. The fraction of sp³-hybridized carbons (Fsp3) is 0.500. The molecule has 2 rings (SSSR count). The molecule has 1 fully saturated rings. The van der Waals surface area contributed by atoms with Crippen molar-refractivity contribution in [1.29, 1.82) is 0 Å². The summed E-state index contributed by atoms with van der Waals surface area (Å²) in [5, 5.41) is 13.0. The van der Waals surface area contributed by atoms with Crippen LogP contribution in [-0.2, 0) is 11.2 Å². The van der Waals surface area contributed by atoms with Crippen molar-refractivity contribution < 1.29 is 9.90 Å². The maximum Gasteiger partial charge on any atom is 0.220 e. The second-order valence-corrected chi connectivity index (χ2v) is 5.94. The Morgan fingerprint density at radius 2 is 2.14 bits per heavy atom. The third-order valence-corrected chi connectivity index (χ3v) is 4.12. The highest BCUT2D eigenvalue weighted by Crippen LogP contribution is 2.16. The maximum atomic E-state index is 11.1. The molecule has 1 aliphatic heterocycles. The summed E-state index contributed by atoms with van der Waals surface area (Å²) in [7, 11) is 0. The highest BCUT2D eigenvalue weighted by molar-refractivity contribution is 5.78. The van der Waals surface area contributed by atoms with E-state index in [9.17, 15) is 9.90 Å². The molecule has 1 heterocycles. The van der Waals surface area contributed by atoms with Crippen LogP contribution in [0.4, 0.5) is 0 Å². The van der Waals surface area contributed by atoms with Gasteiger partial charge in [-0.25, -0.2) is 0 Å². The average Bonchev–Trinajstić information content (AvgIpc) is 2.91. The number of aryl methyl sites for hydroxylation is 1. The topological polar surface area (TPSA) is 49.3 Å². The summed E-state index contributed by atoms with van der Waals surface area (Å²) in [6, 6.07) is 10.5. The van der Waals surface area contributed by atoms with Crippen LogP contribution >= 0.6 is 0 Å². The molecule has 114 valence electrons. The van der Waals surface area contributed by atoms with E-state index in [0.29, 0.717) is 6.42 Å². The van der Waals surface area contributed by atoms with Crippen LogP contribution in [0.5, 0.6) is 0 Å². The Labute approximate surface area is 127 Å². The molecule has 1 amide bonds. The average molecular weight is 287 g/mol. The van der Waals surface area contributed by atoms with Crippen molar-refractivity contribution >= 4 is 5.91 Å². The Morgan fingerprint density at radius 1 is 1.38 bits per heavy atom. The fourth-order valence-electron chi connectivity index (χ4n) is 2.66. The van der Waals surface area contributed by atoms with Gasteiger partial charge in [0.15, 0.2) is 0 Å². The molecule has 0 aliphatic carbocycles. The minimum atomic E-state index is -0.432. The van der Waals surface area contributed by atoms with E-state index in [4.69, 9.17) is 0 Å². The molecule has 0 spiro atoms. The van der Waals surface area contributed by atoms with Crippen molar-refractivity contribution in [3.8, 4) is 0 Å². The lowest BCUT2D eigenvalue weighted by atomic mass is 9.95. The number of carbonyl (C=O) groups is 1. The number of hydrogen-bond acceptors (Lipinski definition) is 2. The minimum absolute atomic E-state index is 0.101. The van der Waals surface area contributed by atoms with Crippen molar-refractivity contribution in [1.82, 2.24) is 5.32 Å². The van der Waals surface area contributed by atoms with Crippen LogP contribution < -0.4 is 5.32 Å². The molecule has 0 saturated carbocycles. The summed E-state index contributed by atoms with van der Waals surface area (Å²) in [4.78, 5) is 11.1. The lowest BCUT2D eigenvalue weighted by Gasteiger charge is -2.16. The summed E-state index contributed by atoms with van der Waals surface area (Å²) in [5.74, 6) is 0.345. The molecular formula is C18H25NO2. The zero-order valence-electron chi connectivity index (χ0n) is 12.7. The number of hydrogen-bond donors (Lipinski definition) is 2. The zero-order valence-corrected chi connectivity index (χ0v) is 12.7. The van der Waals surface area contributed by atoms with Gasteiger partial charge in [0, 0.05) is 12.5 Å². The van der Waals surface area contributed by atoms with Gasteiger partial charge < -0.3 is 10.4 Å². The number of nitrogens with one attached hydrogen (secondary N) is 1. The van der Waals surface area contributed by atoms with Gasteiger partial charge in [0.05, 0.1) is 6.10 Å². The third-order valence-electron chi connectivity index (χ3n) is 4.12. The first-order chi connectivity index (χ1) is 10.1. The monoisotopic (exact) mass is 287 g/mol. The Bertz CT molecular complexity index is 469. The molecule has 0 aromatic heterocycles. The van der Waals surface area contributed by atoms with E-state index in [2.05, 4.69) is 36.5 Å². The van der Waals surface area contributed by atoms with E-state index in [1.54, 1.807) is 0 Å². The molecule has 1 saturated heterocycles. The van der Waals surface area contributed by atoms with Gasteiger partial charge in [0.2, 0.25) is 5.91 Å². The second kappa shape index (κ2) is 7.99. The van der Waals surface area contributed by atoms with E-state index < -0.39 is 6.10 Å². The molecule has 1 aliphatic rings. The van der Waals surface area contributed by atoms with Gasteiger partial charge in [0.1, 0.15) is 0 Å². The van der Waals surface area contributed by atoms with Crippen LogP contribution in [0.3, 0.4) is 0 Å². The van der Waals surface area contributed by atoms with E-state index in [0.717, 1.165) is 25.7 Å². The van der Waals surface area contributed by atoms with Crippen LogP contribution in [0.2, 0.25) is 0 Å². The van der Waals surface area contributed by atoms with E-state index in [1.807, 2.05) is 18.2 Å². The summed E-state index contributed by atoms with van der Waals surface area (Å²) in [6.07, 6.45) is 7.90. The molecule has 3 atom stereocenters. The largest absolute Gasteiger partial charge is 0.389 e. The van der Waals surface area contributed by atoms with Gasteiger partial charge >= 0.3 is 0 Å². The van der Waals surface area contributed by atoms with Gasteiger partial charge in [-0.05, 0) is 37.2 Å². The molecule has 1 aromatic rings. The van der Waals surface area contributed by atoms with Crippen molar-refractivity contribution in [2.45, 2.75) is 51.2 Å². The Morgan fingerprint density at radius 3 is 2.81 bits per heavy atom. The lowest BCUT2D eigenvalue weighted by molar-refractivity contribution is -0.119. The first kappa shape index (κ1) is 15.8. The van der Waals surface area contributed by atoms with E-state index >= 15 is 0 Å². The Kier molecular flexibility index (Phi) is 6.00. The van der Waals surface area contributed by atoms with Crippen LogP contribution in [-0.4, -0.2) is 23.2 Å². The van der Waals surface area contributed by atoms with E-state index in [-0.39, 0.29) is 17.9 Å². The number of aliphatic hydroxyl groups is 1. The first-order valence-electron chi connectivity index (χ1n) is 7.85. The summed E-state index contributed by atoms with van der Waals surface area (Å²) in [5.41, 5.74) is 1.35. The smallest absolute Gasteiger partial charge is 0.220 e. The fourth-order valence-corrected chi connectivity index (χ4v) is 2.66. The molecule has 0 radical (unpaired) electrons. The predicted octanol–water partition coefficient (Wildman–Crippen LogP) is 2.84. The standard InChI is InChI=1S/C18H25NO2/c1-14(6-5-9-15-7-3-2-4-8-15)17(20)12-10-16-11-13-18(21)19-16/h2-4,7-8,10,12,14,16-17,20H,5-6,9,11,13H2,1H3,(H,19,21)/b12-10+/t14-,16+,17-/m1/s1. The summed E-state index contributed by atoms with van der Waals surface area (Å²) < 4.78 is 0. The van der Waals surface area contributed by atoms with E-state index in [1.165, 1.54) is 5.56 Å². The molecule has 0 bridgehead atoms. The number of benzene rings is 1. The van der Waals surface area contributed by atoms with Crippen molar-refractivity contribution in [2.24, 2.45) is 5.92 Å². The molecule has 3 heteroatoms. The second-order valence-electron chi connectivity index (χ2n) is 5.94. The number of carbonyl (C=O) groups excluding carboxylic acids is 1. The molecule has 2 N–H and O–H groups in total. The Balaban J connectivity index is 1.68. The van der Waals surface area contributed by atoms with Gasteiger partial charge in [-0.3, -0.25) is 4.79 Å². The molecule has 0 unspecified atom stereocenters. The van der Waals surface area contributed by atoms with Crippen molar-refractivity contribution in [3.63, 3.8) is 0 Å². The predicted molar refractivity (Wildman–Crippen MR) is 84.9 cm³/mol. The minimum Gasteiger partial charge on any atom is -0.389 e. The normalized spacial score (nSPS) is 21.4. The number of rotatable bonds is 7. The van der Waals surface area contributed by atoms with Crippen molar-refractivity contribution in [2.75, 3.05) is 0 Å². The van der Waals surface area contributed by atoms with Crippen LogP contribution in [0.1, 0.15) is 38.2 Å². The highest BCUT2D eigenvalue weighted by atomic mass is 16.3.